The van der Waals surface area contributed by atoms with E-state index in [1.165, 1.54) is 0 Å². The molecule has 0 radical (unpaired) electrons. The van der Waals surface area contributed by atoms with Crippen LogP contribution in [0, 0.1) is 45.3 Å². The van der Waals surface area contributed by atoms with Gasteiger partial charge in [0, 0.05) is 44.2 Å². The first-order chi connectivity index (χ1) is 37.0. The van der Waals surface area contributed by atoms with Gasteiger partial charge in [-0.25, -0.2) is 19.9 Å². The molecule has 0 spiro atoms. The lowest BCUT2D eigenvalue weighted by atomic mass is 9.95. The van der Waals surface area contributed by atoms with E-state index < -0.39 is 0 Å². The van der Waals surface area contributed by atoms with Gasteiger partial charge in [0.05, 0.1) is 86.0 Å². The lowest BCUT2D eigenvalue weighted by Crippen LogP contribution is -2.02. The third kappa shape index (κ3) is 8.48. The minimum Gasteiger partial charge on any atom is -0.309 e. The maximum absolute atomic E-state index is 10.3. The van der Waals surface area contributed by atoms with Crippen LogP contribution in [0.2, 0.25) is 0 Å². The van der Waals surface area contributed by atoms with E-state index in [0.29, 0.717) is 50.7 Å². The number of benzene rings is 9. The van der Waals surface area contributed by atoms with Crippen molar-refractivity contribution >= 4 is 21.8 Å². The molecule has 9 heteroatoms. The first-order valence-electron chi connectivity index (χ1n) is 24.1. The van der Waals surface area contributed by atoms with Gasteiger partial charge in [0.25, 0.3) is 0 Å². The van der Waals surface area contributed by atoms with E-state index in [-0.39, 0.29) is 0 Å². The van der Waals surface area contributed by atoms with Crippen molar-refractivity contribution in [1.29, 1.82) is 21.0 Å². The molecule has 3 heterocycles. The molecule has 346 valence electrons. The Kier molecular flexibility index (Phi) is 11.6. The van der Waals surface area contributed by atoms with E-state index in [2.05, 4.69) is 95.6 Å². The average Bonchev–Trinajstić information content (AvgIpc) is 3.88. The van der Waals surface area contributed by atoms with Gasteiger partial charge < -0.3 is 4.57 Å². The Hall–Kier alpha value is -11.1. The molecular formula is C66H37N9. The summed E-state index contributed by atoms with van der Waals surface area (Å²) in [4.78, 5) is 21.1. The molecule has 0 aliphatic rings. The molecule has 0 amide bonds. The van der Waals surface area contributed by atoms with E-state index in [1.807, 2.05) is 133 Å². The third-order valence-electron chi connectivity index (χ3n) is 13.4. The summed E-state index contributed by atoms with van der Waals surface area (Å²) in [6.45, 7) is 0. The zero-order valence-corrected chi connectivity index (χ0v) is 39.9. The standard InChI is InChI=1S/C66H37N9/c67-38-42-21-26-53(51(31-42)40-69)48-23-28-62-55(33-48)56-34-49(54-27-22-43(39-68)32-52(54)41-70)24-29-63(56)75(62)64-30-25-50(66-72-58(44-13-5-1-6-14-44)36-59(73-66)45-15-7-2-8-16-45)35-57(64)61-37-60(46-17-9-3-10-18-46)71-65(74-61)47-19-11-4-12-20-47/h1-37H. The molecule has 9 aromatic carbocycles. The highest BCUT2D eigenvalue weighted by atomic mass is 15.0. The smallest absolute Gasteiger partial charge is 0.160 e. The first kappa shape index (κ1) is 45.1. The molecule has 9 nitrogen and oxygen atoms in total. The van der Waals surface area contributed by atoms with Gasteiger partial charge in [-0.05, 0) is 101 Å². The van der Waals surface area contributed by atoms with Crippen LogP contribution in [0.25, 0.3) is 118 Å². The van der Waals surface area contributed by atoms with Crippen LogP contribution in [-0.2, 0) is 0 Å². The molecule has 0 fully saturated rings. The summed E-state index contributed by atoms with van der Waals surface area (Å²) in [5.74, 6) is 1.09. The van der Waals surface area contributed by atoms with Crippen molar-refractivity contribution in [2.24, 2.45) is 0 Å². The summed E-state index contributed by atoms with van der Waals surface area (Å²) < 4.78 is 2.23. The van der Waals surface area contributed by atoms with Crippen LogP contribution in [-0.4, -0.2) is 24.5 Å². The Morgan fingerprint density at radius 3 is 1.13 bits per heavy atom. The molecule has 0 bridgehead atoms. The Labute approximate surface area is 432 Å². The normalized spacial score (nSPS) is 10.9. The van der Waals surface area contributed by atoms with Crippen LogP contribution in [0.3, 0.4) is 0 Å². The van der Waals surface area contributed by atoms with Gasteiger partial charge in [0.1, 0.15) is 0 Å². The highest BCUT2D eigenvalue weighted by molar-refractivity contribution is 6.12. The summed E-state index contributed by atoms with van der Waals surface area (Å²) in [5.41, 5.74) is 15.3. The molecule has 0 saturated heterocycles. The predicted octanol–water partition coefficient (Wildman–Crippen LogP) is 15.2. The number of hydrogen-bond acceptors (Lipinski definition) is 8. The molecule has 12 aromatic rings. The number of nitriles is 4. The molecule has 0 unspecified atom stereocenters. The third-order valence-corrected chi connectivity index (χ3v) is 13.4. The van der Waals surface area contributed by atoms with Gasteiger partial charge >= 0.3 is 0 Å². The molecule has 12 rings (SSSR count). The Morgan fingerprint density at radius 2 is 0.693 bits per heavy atom. The fraction of sp³-hybridized carbons (Fsp3) is 0. The monoisotopic (exact) mass is 955 g/mol. The molecule has 0 aliphatic carbocycles. The van der Waals surface area contributed by atoms with E-state index >= 15 is 0 Å². The molecule has 75 heavy (non-hydrogen) atoms. The summed E-state index contributed by atoms with van der Waals surface area (Å²) in [5, 5.41) is 41.9. The lowest BCUT2D eigenvalue weighted by Gasteiger charge is -2.17. The summed E-state index contributed by atoms with van der Waals surface area (Å²) in [6, 6.07) is 82.2. The quantitative estimate of drug-likeness (QED) is 0.139. The molecular weight excluding hydrogens is 919 g/mol. The van der Waals surface area contributed by atoms with Crippen LogP contribution < -0.4 is 0 Å². The van der Waals surface area contributed by atoms with Crippen LogP contribution >= 0.6 is 0 Å². The zero-order chi connectivity index (χ0) is 50.8. The highest BCUT2D eigenvalue weighted by Crippen LogP contribution is 2.42. The number of rotatable bonds is 9. The largest absolute Gasteiger partial charge is 0.309 e. The Balaban J connectivity index is 1.16. The van der Waals surface area contributed by atoms with Gasteiger partial charge in [-0.1, -0.05) is 146 Å². The summed E-state index contributed by atoms with van der Waals surface area (Å²) in [7, 11) is 0. The SMILES string of the molecule is N#Cc1ccc(-c2ccc3c(c2)c2cc(-c4ccc(C#N)cc4C#N)ccc2n3-c2ccc(-c3nc(-c4ccccc4)cc(-c4ccccc4)n3)cc2-c2cc(-c3ccccc3)nc(-c3ccccc3)n2)c(C#N)c1. The molecule has 0 aliphatic heterocycles. The van der Waals surface area contributed by atoms with Crippen molar-refractivity contribution in [3.63, 3.8) is 0 Å². The molecule has 0 saturated carbocycles. The Bertz CT molecular complexity index is 4140. The number of hydrogen-bond donors (Lipinski definition) is 0. The van der Waals surface area contributed by atoms with Gasteiger partial charge in [0.15, 0.2) is 11.6 Å². The van der Waals surface area contributed by atoms with Crippen LogP contribution in [0.5, 0.6) is 0 Å². The average molecular weight is 956 g/mol. The second-order valence-corrected chi connectivity index (χ2v) is 17.9. The summed E-state index contributed by atoms with van der Waals surface area (Å²) in [6.07, 6.45) is 0. The predicted molar refractivity (Wildman–Crippen MR) is 294 cm³/mol. The van der Waals surface area contributed by atoms with E-state index in [4.69, 9.17) is 19.9 Å². The van der Waals surface area contributed by atoms with Crippen molar-refractivity contribution in [2.75, 3.05) is 0 Å². The van der Waals surface area contributed by atoms with Gasteiger partial charge in [-0.15, -0.1) is 0 Å². The molecule has 3 aromatic heterocycles. The topological polar surface area (TPSA) is 152 Å². The van der Waals surface area contributed by atoms with E-state index in [9.17, 15) is 21.0 Å². The van der Waals surface area contributed by atoms with Crippen molar-refractivity contribution in [3.05, 3.63) is 247 Å². The second-order valence-electron chi connectivity index (χ2n) is 17.9. The highest BCUT2D eigenvalue weighted by Gasteiger charge is 2.23. The van der Waals surface area contributed by atoms with Crippen LogP contribution in [0.15, 0.2) is 224 Å². The fourth-order valence-corrected chi connectivity index (χ4v) is 9.76. The minimum atomic E-state index is 0.383. The van der Waals surface area contributed by atoms with E-state index in [0.717, 1.165) is 89.1 Å². The van der Waals surface area contributed by atoms with Gasteiger partial charge in [-0.3, -0.25) is 0 Å². The van der Waals surface area contributed by atoms with Crippen molar-refractivity contribution in [2.45, 2.75) is 0 Å². The zero-order valence-electron chi connectivity index (χ0n) is 39.9. The lowest BCUT2D eigenvalue weighted by molar-refractivity contribution is 1.14. The van der Waals surface area contributed by atoms with E-state index in [1.54, 1.807) is 24.3 Å². The van der Waals surface area contributed by atoms with Gasteiger partial charge in [-0.2, -0.15) is 21.0 Å². The Morgan fingerprint density at radius 1 is 0.293 bits per heavy atom. The van der Waals surface area contributed by atoms with Crippen LogP contribution in [0.4, 0.5) is 0 Å². The van der Waals surface area contributed by atoms with Crippen molar-refractivity contribution in [3.8, 4) is 120 Å². The van der Waals surface area contributed by atoms with Gasteiger partial charge in [0.2, 0.25) is 0 Å². The maximum atomic E-state index is 10.3. The number of fused-ring (bicyclic) bond motifs is 3. The molecule has 0 atom stereocenters. The first-order valence-corrected chi connectivity index (χ1v) is 24.1. The number of nitrogens with zero attached hydrogens (tertiary/aromatic N) is 9. The maximum Gasteiger partial charge on any atom is 0.160 e. The van der Waals surface area contributed by atoms with Crippen molar-refractivity contribution < 1.29 is 0 Å². The number of aromatic nitrogens is 5. The second kappa shape index (κ2) is 19.2. The van der Waals surface area contributed by atoms with Crippen LogP contribution in [0.1, 0.15) is 22.3 Å². The summed E-state index contributed by atoms with van der Waals surface area (Å²) >= 11 is 0. The molecule has 0 N–H and O–H groups in total. The minimum absolute atomic E-state index is 0.383. The van der Waals surface area contributed by atoms with Crippen molar-refractivity contribution in [1.82, 2.24) is 24.5 Å². The fourth-order valence-electron chi connectivity index (χ4n) is 9.76.